The lowest BCUT2D eigenvalue weighted by Crippen LogP contribution is -2.55. The van der Waals surface area contributed by atoms with Crippen molar-refractivity contribution >= 4 is 23.6 Å². The number of para-hydroxylation sites is 1. The fraction of sp³-hybridized carbons (Fsp3) is 0.400. The average Bonchev–Trinajstić information content (AvgIpc) is 2.90. The van der Waals surface area contributed by atoms with Crippen LogP contribution in [-0.2, 0) is 20.7 Å². The zero-order chi connectivity index (χ0) is 32.1. The van der Waals surface area contributed by atoms with Crippen LogP contribution in [0, 0.1) is 27.7 Å². The van der Waals surface area contributed by atoms with Crippen LogP contribution >= 0.6 is 0 Å². The minimum atomic E-state index is -1.05. The van der Waals surface area contributed by atoms with Crippen molar-refractivity contribution < 1.29 is 24.2 Å². The van der Waals surface area contributed by atoms with Crippen molar-refractivity contribution in [2.75, 3.05) is 5.32 Å². The van der Waals surface area contributed by atoms with Gasteiger partial charge in [-0.1, -0.05) is 54.1 Å². The van der Waals surface area contributed by atoms with Crippen molar-refractivity contribution in [3.63, 3.8) is 0 Å². The van der Waals surface area contributed by atoms with Crippen LogP contribution in [0.4, 0.5) is 10.5 Å². The number of ether oxygens (including phenoxy) is 1. The van der Waals surface area contributed by atoms with Crippen molar-refractivity contribution in [3.05, 3.63) is 94.0 Å². The third-order valence-corrected chi connectivity index (χ3v) is 7.16. The van der Waals surface area contributed by atoms with Gasteiger partial charge in [-0.05, 0) is 102 Å². The molecule has 0 aromatic heterocycles. The van der Waals surface area contributed by atoms with E-state index in [0.29, 0.717) is 11.3 Å². The normalized spacial score (nSPS) is 12.8. The van der Waals surface area contributed by atoms with Gasteiger partial charge in [0.05, 0.1) is 0 Å². The highest BCUT2D eigenvalue weighted by Gasteiger charge is 2.39. The van der Waals surface area contributed by atoms with E-state index in [1.807, 2.05) is 77.9 Å². The van der Waals surface area contributed by atoms with Gasteiger partial charge in [0.2, 0.25) is 5.91 Å². The van der Waals surface area contributed by atoms with Crippen molar-refractivity contribution in [3.8, 4) is 5.75 Å². The Bertz CT molecular complexity index is 1440. The molecule has 0 heterocycles. The Balaban J connectivity index is 2.13. The fourth-order valence-corrected chi connectivity index (χ4v) is 5.05. The van der Waals surface area contributed by atoms with Crippen LogP contribution in [-0.4, -0.2) is 45.6 Å². The molecule has 0 saturated heterocycles. The topological polar surface area (TPSA) is 108 Å². The Morgan fingerprint density at radius 2 is 1.49 bits per heavy atom. The lowest BCUT2D eigenvalue weighted by molar-refractivity contribution is -0.142. The van der Waals surface area contributed by atoms with E-state index in [1.165, 1.54) is 12.1 Å². The number of rotatable bonds is 9. The average molecular weight is 588 g/mol. The zero-order valence-corrected chi connectivity index (χ0v) is 26.7. The van der Waals surface area contributed by atoms with E-state index >= 15 is 0 Å². The van der Waals surface area contributed by atoms with Gasteiger partial charge in [0, 0.05) is 18.2 Å². The first kappa shape index (κ1) is 33.2. The molecule has 0 fully saturated rings. The molecule has 0 radical (unpaired) electrons. The van der Waals surface area contributed by atoms with Crippen LogP contribution < -0.4 is 10.6 Å². The number of hydrogen-bond acceptors (Lipinski definition) is 5. The van der Waals surface area contributed by atoms with E-state index < -0.39 is 35.7 Å². The molecule has 0 aliphatic carbocycles. The van der Waals surface area contributed by atoms with E-state index in [-0.39, 0.29) is 18.1 Å². The predicted octanol–water partition coefficient (Wildman–Crippen LogP) is 6.68. The van der Waals surface area contributed by atoms with Crippen molar-refractivity contribution in [2.24, 2.45) is 0 Å². The quantitative estimate of drug-likeness (QED) is 0.259. The van der Waals surface area contributed by atoms with Crippen molar-refractivity contribution in [1.82, 2.24) is 10.2 Å². The lowest BCUT2D eigenvalue weighted by Gasteiger charge is -2.38. The maximum Gasteiger partial charge on any atom is 0.408 e. The van der Waals surface area contributed by atoms with Crippen molar-refractivity contribution in [1.29, 1.82) is 0 Å². The molecule has 8 heteroatoms. The third kappa shape index (κ3) is 8.83. The Labute approximate surface area is 255 Å². The number of nitrogens with zero attached hydrogens (tertiary/aromatic N) is 1. The van der Waals surface area contributed by atoms with Gasteiger partial charge in [0.25, 0.3) is 5.91 Å². The molecule has 0 bridgehead atoms. The first-order chi connectivity index (χ1) is 20.1. The van der Waals surface area contributed by atoms with Gasteiger partial charge >= 0.3 is 6.09 Å². The van der Waals surface area contributed by atoms with Crippen LogP contribution in [0.2, 0.25) is 0 Å². The van der Waals surface area contributed by atoms with Crippen LogP contribution in [0.3, 0.4) is 0 Å². The highest BCUT2D eigenvalue weighted by molar-refractivity contribution is 6.00. The highest BCUT2D eigenvalue weighted by atomic mass is 16.6. The molecule has 3 rings (SSSR count). The van der Waals surface area contributed by atoms with Crippen molar-refractivity contribution in [2.45, 2.75) is 92.5 Å². The van der Waals surface area contributed by atoms with Crippen LogP contribution in [0.25, 0.3) is 0 Å². The van der Waals surface area contributed by atoms with Crippen LogP contribution in [0.5, 0.6) is 5.75 Å². The summed E-state index contributed by atoms with van der Waals surface area (Å²) in [7, 11) is 0. The number of carbonyl (C=O) groups excluding carboxylic acids is 3. The third-order valence-electron chi connectivity index (χ3n) is 7.16. The fourth-order valence-electron chi connectivity index (χ4n) is 5.05. The number of benzene rings is 3. The number of nitrogens with one attached hydrogen (secondary N) is 2. The highest BCUT2D eigenvalue weighted by Crippen LogP contribution is 2.31. The molecule has 0 saturated carbocycles. The second-order valence-corrected chi connectivity index (χ2v) is 12.4. The number of aromatic hydroxyl groups is 1. The van der Waals surface area contributed by atoms with Gasteiger partial charge < -0.3 is 25.4 Å². The second kappa shape index (κ2) is 13.8. The lowest BCUT2D eigenvalue weighted by atomic mass is 9.94. The smallest absolute Gasteiger partial charge is 0.408 e. The molecule has 230 valence electrons. The summed E-state index contributed by atoms with van der Waals surface area (Å²) in [6.45, 7) is 16.7. The van der Waals surface area contributed by atoms with Gasteiger partial charge in [-0.15, -0.1) is 0 Å². The number of hydrogen-bond donors (Lipinski definition) is 3. The van der Waals surface area contributed by atoms with Gasteiger partial charge in [0.1, 0.15) is 23.4 Å². The minimum absolute atomic E-state index is 0.0914. The molecule has 3 amide bonds. The zero-order valence-electron chi connectivity index (χ0n) is 26.7. The summed E-state index contributed by atoms with van der Waals surface area (Å²) < 4.78 is 5.51. The molecule has 0 aliphatic heterocycles. The molecule has 0 spiro atoms. The van der Waals surface area contributed by atoms with Gasteiger partial charge in [-0.25, -0.2) is 4.79 Å². The Morgan fingerprint density at radius 3 is 2.05 bits per heavy atom. The summed E-state index contributed by atoms with van der Waals surface area (Å²) in [5, 5.41) is 15.7. The minimum Gasteiger partial charge on any atom is -0.508 e. The number of carbonyl (C=O) groups is 3. The molecule has 2 atom stereocenters. The second-order valence-electron chi connectivity index (χ2n) is 12.4. The molecular formula is C35H45N3O5. The van der Waals surface area contributed by atoms with Gasteiger partial charge in [0.15, 0.2) is 0 Å². The van der Waals surface area contributed by atoms with E-state index in [4.69, 9.17) is 4.74 Å². The van der Waals surface area contributed by atoms with Crippen LogP contribution in [0.1, 0.15) is 74.0 Å². The van der Waals surface area contributed by atoms with Gasteiger partial charge in [-0.2, -0.15) is 0 Å². The number of phenols is 1. The molecule has 43 heavy (non-hydrogen) atoms. The molecule has 3 N–H and O–H groups in total. The summed E-state index contributed by atoms with van der Waals surface area (Å²) in [6, 6.07) is 15.6. The number of aryl methyl sites for hydroxylation is 4. The van der Waals surface area contributed by atoms with E-state index in [1.54, 1.807) is 37.8 Å². The molecular weight excluding hydrogens is 542 g/mol. The molecule has 3 aromatic carbocycles. The number of anilines is 1. The Hall–Kier alpha value is -4.33. The summed E-state index contributed by atoms with van der Waals surface area (Å²) in [6.07, 6.45) is -0.615. The van der Waals surface area contributed by atoms with E-state index in [0.717, 1.165) is 27.8 Å². The molecule has 3 aromatic rings. The SMILES string of the molecule is Cc1ccc(C)c(C(C(=O)Nc2c(C)cccc2C)N(C(=O)C(Cc2ccc(O)cc2)NC(=O)OC(C)(C)C)C(C)C)c1. The maximum absolute atomic E-state index is 14.6. The molecule has 2 unspecified atom stereocenters. The predicted molar refractivity (Wildman–Crippen MR) is 170 cm³/mol. The summed E-state index contributed by atoms with van der Waals surface area (Å²) in [4.78, 5) is 43.4. The monoisotopic (exact) mass is 587 g/mol. The standard InChI is InChI=1S/C35H45N3O5/c1-21(2)38(33(41)29(36-34(42)43-35(7,8)9)20-26-15-17-27(39)18-16-26)31(28-19-22(3)13-14-23(28)4)32(40)37-30-24(5)11-10-12-25(30)6/h10-19,21,29,31,39H,20H2,1-9H3,(H,36,42)(H,37,40). The van der Waals surface area contributed by atoms with Gasteiger partial charge in [-0.3, -0.25) is 9.59 Å². The Kier molecular flexibility index (Phi) is 10.6. The largest absolute Gasteiger partial charge is 0.508 e. The molecule has 0 aliphatic rings. The summed E-state index contributed by atoms with van der Waals surface area (Å²) >= 11 is 0. The van der Waals surface area contributed by atoms with Crippen LogP contribution in [0.15, 0.2) is 60.7 Å². The number of amides is 3. The molecule has 8 nitrogen and oxygen atoms in total. The van der Waals surface area contributed by atoms with E-state index in [9.17, 15) is 19.5 Å². The summed E-state index contributed by atoms with van der Waals surface area (Å²) in [5.74, 6) is -0.695. The number of alkyl carbamates (subject to hydrolysis) is 1. The maximum atomic E-state index is 14.6. The number of phenolic OH excluding ortho intramolecular Hbond substituents is 1. The first-order valence-electron chi connectivity index (χ1n) is 14.6. The van der Waals surface area contributed by atoms with E-state index in [2.05, 4.69) is 10.6 Å². The summed E-state index contributed by atoms with van der Waals surface area (Å²) in [5.41, 5.74) is 4.98. The first-order valence-corrected chi connectivity index (χ1v) is 14.6. The Morgan fingerprint density at radius 1 is 0.884 bits per heavy atom.